The summed E-state index contributed by atoms with van der Waals surface area (Å²) < 4.78 is 1.99. The van der Waals surface area contributed by atoms with Crippen molar-refractivity contribution >= 4 is 23.2 Å². The first-order chi connectivity index (χ1) is 15.1. The summed E-state index contributed by atoms with van der Waals surface area (Å²) in [7, 11) is 1.95. The molecule has 0 fully saturated rings. The molecule has 1 aliphatic heterocycles. The van der Waals surface area contributed by atoms with Gasteiger partial charge in [-0.2, -0.15) is 10.1 Å². The summed E-state index contributed by atoms with van der Waals surface area (Å²) in [4.78, 5) is 23.2. The highest BCUT2D eigenvalue weighted by Gasteiger charge is 2.24. The lowest BCUT2D eigenvalue weighted by Crippen LogP contribution is -2.32. The van der Waals surface area contributed by atoms with Crippen LogP contribution in [0.25, 0.3) is 11.1 Å². The van der Waals surface area contributed by atoms with Gasteiger partial charge in [-0.1, -0.05) is 12.1 Å². The molecule has 8 heteroatoms. The molecule has 8 nitrogen and oxygen atoms in total. The number of H-pyrrole nitrogens is 1. The number of hydrogen-bond acceptors (Lipinski definition) is 6. The van der Waals surface area contributed by atoms with Gasteiger partial charge in [0.2, 0.25) is 5.95 Å². The highest BCUT2D eigenvalue weighted by Crippen LogP contribution is 2.26. The van der Waals surface area contributed by atoms with Crippen molar-refractivity contribution in [3.63, 3.8) is 0 Å². The number of carbonyl (C=O) groups excluding carboxylic acids is 1. The minimum absolute atomic E-state index is 0.0877. The van der Waals surface area contributed by atoms with E-state index in [1.54, 1.807) is 19.3 Å². The first-order valence-electron chi connectivity index (χ1n) is 10.2. The van der Waals surface area contributed by atoms with Crippen LogP contribution in [0.4, 0.5) is 17.5 Å². The van der Waals surface area contributed by atoms with Crippen molar-refractivity contribution in [3.05, 3.63) is 71.9 Å². The van der Waals surface area contributed by atoms with Gasteiger partial charge in [-0.25, -0.2) is 4.98 Å². The second-order valence-electron chi connectivity index (χ2n) is 7.72. The molecule has 5 rings (SSSR count). The zero-order chi connectivity index (χ0) is 21.4. The fraction of sp³-hybridized carbons (Fsp3) is 0.217. The van der Waals surface area contributed by atoms with Crippen LogP contribution in [0.1, 0.15) is 28.7 Å². The standard InChI is InChI=1S/C23H23N7O/c1-15(31)20-11-17-8-10-30(14-21(17)29(20)2)23-24-9-7-22(28-23)27-19-5-3-16(4-6-19)18-12-25-26-13-18/h3-7,9,11-13H,8,10,14H2,1-2H3,(H,25,26)(H,24,27,28). The normalized spacial score (nSPS) is 13.2. The van der Waals surface area contributed by atoms with E-state index >= 15 is 0 Å². The molecule has 156 valence electrons. The largest absolute Gasteiger partial charge is 0.343 e. The number of rotatable bonds is 5. The molecule has 4 heterocycles. The Morgan fingerprint density at radius 1 is 1.16 bits per heavy atom. The van der Waals surface area contributed by atoms with Crippen LogP contribution in [0.5, 0.6) is 0 Å². The Morgan fingerprint density at radius 2 is 2.00 bits per heavy atom. The summed E-state index contributed by atoms with van der Waals surface area (Å²) in [6.07, 6.45) is 6.31. The molecular weight excluding hydrogens is 390 g/mol. The minimum Gasteiger partial charge on any atom is -0.343 e. The van der Waals surface area contributed by atoms with Gasteiger partial charge in [-0.05, 0) is 41.8 Å². The molecule has 0 radical (unpaired) electrons. The smallest absolute Gasteiger partial charge is 0.227 e. The monoisotopic (exact) mass is 413 g/mol. The summed E-state index contributed by atoms with van der Waals surface area (Å²) in [6.45, 7) is 3.11. The van der Waals surface area contributed by atoms with Crippen LogP contribution < -0.4 is 10.2 Å². The van der Waals surface area contributed by atoms with E-state index in [-0.39, 0.29) is 5.78 Å². The Bertz CT molecular complexity index is 1230. The molecule has 0 saturated heterocycles. The summed E-state index contributed by atoms with van der Waals surface area (Å²) in [5.74, 6) is 1.50. The van der Waals surface area contributed by atoms with E-state index in [1.165, 1.54) is 5.56 Å². The van der Waals surface area contributed by atoms with Gasteiger partial charge in [0.1, 0.15) is 5.82 Å². The number of ketones is 1. The molecule has 0 unspecified atom stereocenters. The van der Waals surface area contributed by atoms with E-state index in [1.807, 2.05) is 54.2 Å². The summed E-state index contributed by atoms with van der Waals surface area (Å²) in [6, 6.07) is 12.0. The number of carbonyl (C=O) groups is 1. The van der Waals surface area contributed by atoms with Crippen molar-refractivity contribution in [1.82, 2.24) is 24.7 Å². The van der Waals surface area contributed by atoms with Crippen molar-refractivity contribution in [2.45, 2.75) is 19.9 Å². The number of anilines is 3. The van der Waals surface area contributed by atoms with Crippen molar-refractivity contribution in [1.29, 1.82) is 0 Å². The third-order valence-electron chi connectivity index (χ3n) is 5.71. The van der Waals surface area contributed by atoms with Crippen LogP contribution in [-0.2, 0) is 20.0 Å². The summed E-state index contributed by atoms with van der Waals surface area (Å²) >= 11 is 0. The third-order valence-corrected chi connectivity index (χ3v) is 5.71. The summed E-state index contributed by atoms with van der Waals surface area (Å²) in [5.41, 5.74) is 6.23. The van der Waals surface area contributed by atoms with Gasteiger partial charge in [-0.15, -0.1) is 0 Å². The fourth-order valence-electron chi connectivity index (χ4n) is 4.03. The molecule has 1 aliphatic rings. The van der Waals surface area contributed by atoms with Gasteiger partial charge in [0.05, 0.1) is 18.4 Å². The number of hydrogen-bond donors (Lipinski definition) is 2. The molecule has 0 bridgehead atoms. The Balaban J connectivity index is 1.33. The molecule has 0 aliphatic carbocycles. The lowest BCUT2D eigenvalue weighted by molar-refractivity contribution is 0.101. The third kappa shape index (κ3) is 3.68. The number of fused-ring (bicyclic) bond motifs is 1. The maximum absolute atomic E-state index is 11.9. The molecule has 4 aromatic rings. The number of Topliss-reactive ketones (excluding diaryl/α,β-unsaturated/α-hetero) is 1. The summed E-state index contributed by atoms with van der Waals surface area (Å²) in [5, 5.41) is 10.2. The van der Waals surface area contributed by atoms with Crippen LogP contribution in [-0.4, -0.2) is 37.1 Å². The minimum atomic E-state index is 0.0877. The predicted octanol–water partition coefficient (Wildman–Crippen LogP) is 3.71. The maximum Gasteiger partial charge on any atom is 0.227 e. The van der Waals surface area contributed by atoms with Gasteiger partial charge in [-0.3, -0.25) is 9.89 Å². The lowest BCUT2D eigenvalue weighted by Gasteiger charge is -2.28. The van der Waals surface area contributed by atoms with Crippen molar-refractivity contribution in [2.24, 2.45) is 7.05 Å². The van der Waals surface area contributed by atoms with Gasteiger partial charge in [0, 0.05) is 49.9 Å². The van der Waals surface area contributed by atoms with Crippen molar-refractivity contribution < 1.29 is 4.79 Å². The van der Waals surface area contributed by atoms with Gasteiger partial charge in [0.15, 0.2) is 5.78 Å². The SMILES string of the molecule is CC(=O)c1cc2c(n1C)CN(c1nccc(Nc3ccc(-c4cn[nH]c4)cc3)n1)CC2. The van der Waals surface area contributed by atoms with E-state index in [0.717, 1.165) is 47.0 Å². The molecular formula is C23H23N7O. The highest BCUT2D eigenvalue weighted by atomic mass is 16.1. The molecule has 0 saturated carbocycles. The molecule has 2 N–H and O–H groups in total. The van der Waals surface area contributed by atoms with Crippen LogP contribution in [0, 0.1) is 0 Å². The first kappa shape index (κ1) is 19.0. The first-order valence-corrected chi connectivity index (χ1v) is 10.2. The fourth-order valence-corrected chi connectivity index (χ4v) is 4.03. The molecule has 0 spiro atoms. The van der Waals surface area contributed by atoms with Crippen LogP contribution in [0.3, 0.4) is 0 Å². The maximum atomic E-state index is 11.9. The average Bonchev–Trinajstić information content (AvgIpc) is 3.43. The van der Waals surface area contributed by atoms with E-state index in [4.69, 9.17) is 4.98 Å². The van der Waals surface area contributed by atoms with Crippen LogP contribution >= 0.6 is 0 Å². The quantitative estimate of drug-likeness (QED) is 0.485. The molecule has 0 amide bonds. The van der Waals surface area contributed by atoms with E-state index in [0.29, 0.717) is 12.5 Å². The Labute approximate surface area is 180 Å². The van der Waals surface area contributed by atoms with E-state index in [2.05, 4.69) is 25.4 Å². The highest BCUT2D eigenvalue weighted by molar-refractivity contribution is 5.93. The lowest BCUT2D eigenvalue weighted by atomic mass is 10.1. The Hall–Kier alpha value is -3.94. The molecule has 31 heavy (non-hydrogen) atoms. The number of nitrogens with zero attached hydrogens (tertiary/aromatic N) is 5. The molecule has 0 atom stereocenters. The zero-order valence-electron chi connectivity index (χ0n) is 17.5. The van der Waals surface area contributed by atoms with Crippen molar-refractivity contribution in [3.8, 4) is 11.1 Å². The Morgan fingerprint density at radius 3 is 2.74 bits per heavy atom. The number of nitrogens with one attached hydrogen (secondary N) is 2. The number of benzene rings is 1. The second kappa shape index (κ2) is 7.71. The van der Waals surface area contributed by atoms with Gasteiger partial charge < -0.3 is 14.8 Å². The van der Waals surface area contributed by atoms with Gasteiger partial charge in [0.25, 0.3) is 0 Å². The van der Waals surface area contributed by atoms with Gasteiger partial charge >= 0.3 is 0 Å². The zero-order valence-corrected chi connectivity index (χ0v) is 17.5. The van der Waals surface area contributed by atoms with Crippen molar-refractivity contribution in [2.75, 3.05) is 16.8 Å². The van der Waals surface area contributed by atoms with E-state index < -0.39 is 0 Å². The molecule has 3 aromatic heterocycles. The molecule has 1 aromatic carbocycles. The number of aromatic nitrogens is 5. The predicted molar refractivity (Wildman–Crippen MR) is 120 cm³/mol. The topological polar surface area (TPSA) is 91.7 Å². The number of aromatic amines is 1. The van der Waals surface area contributed by atoms with Crippen LogP contribution in [0.15, 0.2) is 55.0 Å². The van der Waals surface area contributed by atoms with E-state index in [9.17, 15) is 4.79 Å². The second-order valence-corrected chi connectivity index (χ2v) is 7.72. The average molecular weight is 413 g/mol. The Kier molecular flexibility index (Phi) is 4.74. The van der Waals surface area contributed by atoms with Crippen LogP contribution in [0.2, 0.25) is 0 Å².